The normalized spacial score (nSPS) is 18.8. The summed E-state index contributed by atoms with van der Waals surface area (Å²) in [7, 11) is 0. The summed E-state index contributed by atoms with van der Waals surface area (Å²) < 4.78 is 0. The molecule has 1 aliphatic rings. The lowest BCUT2D eigenvalue weighted by Gasteiger charge is -2.22. The van der Waals surface area contributed by atoms with Crippen molar-refractivity contribution in [3.63, 3.8) is 0 Å². The van der Waals surface area contributed by atoms with Gasteiger partial charge in [-0.3, -0.25) is 14.4 Å². The van der Waals surface area contributed by atoms with Gasteiger partial charge in [-0.1, -0.05) is 13.8 Å². The number of carbonyl (C=O) groups is 4. The standard InChI is InChI=1S/C17H30N4O4S/c1-11(2)7-14(21-17(25)13-5-4-6-18-13)16(24)19-8-15(23)20-12(9-22)10-26-3/h9,11-14,18H,4-8,10H2,1-3H3,(H,19,24)(H,20,23)(H,21,25)/t12-,13+,14+/m1/s1. The lowest BCUT2D eigenvalue weighted by atomic mass is 10.0. The van der Waals surface area contributed by atoms with Crippen LogP contribution in [0.5, 0.6) is 0 Å². The fourth-order valence-corrected chi connectivity index (χ4v) is 3.25. The molecule has 3 amide bonds. The second-order valence-corrected chi connectivity index (χ2v) is 7.73. The highest BCUT2D eigenvalue weighted by molar-refractivity contribution is 7.98. The molecule has 3 atom stereocenters. The number of aldehydes is 1. The Morgan fingerprint density at radius 2 is 2.00 bits per heavy atom. The summed E-state index contributed by atoms with van der Waals surface area (Å²) >= 11 is 1.44. The molecule has 0 unspecified atom stereocenters. The molecule has 9 heteroatoms. The average Bonchev–Trinajstić information content (AvgIpc) is 3.13. The third-order valence-electron chi connectivity index (χ3n) is 4.00. The number of carbonyl (C=O) groups excluding carboxylic acids is 4. The van der Waals surface area contributed by atoms with Crippen LogP contribution in [0.4, 0.5) is 0 Å². The van der Waals surface area contributed by atoms with Crippen molar-refractivity contribution >= 4 is 35.8 Å². The minimum atomic E-state index is -0.689. The van der Waals surface area contributed by atoms with E-state index >= 15 is 0 Å². The highest BCUT2D eigenvalue weighted by Crippen LogP contribution is 2.08. The largest absolute Gasteiger partial charge is 0.345 e. The molecule has 1 fully saturated rings. The third-order valence-corrected chi connectivity index (χ3v) is 4.69. The van der Waals surface area contributed by atoms with Crippen LogP contribution in [0, 0.1) is 5.92 Å². The summed E-state index contributed by atoms with van der Waals surface area (Å²) in [5.74, 6) is -0.334. The number of amides is 3. The second-order valence-electron chi connectivity index (χ2n) is 6.82. The van der Waals surface area contributed by atoms with Gasteiger partial charge in [-0.25, -0.2) is 0 Å². The Bertz CT molecular complexity index is 495. The molecule has 148 valence electrons. The number of nitrogens with one attached hydrogen (secondary N) is 4. The molecule has 0 saturated carbocycles. The van der Waals surface area contributed by atoms with Gasteiger partial charge in [0.05, 0.1) is 18.6 Å². The van der Waals surface area contributed by atoms with Crippen LogP contribution in [0.2, 0.25) is 0 Å². The van der Waals surface area contributed by atoms with E-state index in [0.29, 0.717) is 18.5 Å². The van der Waals surface area contributed by atoms with E-state index in [9.17, 15) is 19.2 Å². The molecule has 4 N–H and O–H groups in total. The molecular weight excluding hydrogens is 356 g/mol. The first kappa shape index (κ1) is 22.4. The molecule has 0 bridgehead atoms. The van der Waals surface area contributed by atoms with Crippen molar-refractivity contribution in [2.75, 3.05) is 25.1 Å². The van der Waals surface area contributed by atoms with Crippen molar-refractivity contribution in [2.45, 2.75) is 51.2 Å². The zero-order chi connectivity index (χ0) is 19.5. The van der Waals surface area contributed by atoms with Crippen LogP contribution in [-0.2, 0) is 19.2 Å². The zero-order valence-electron chi connectivity index (χ0n) is 15.7. The highest BCUT2D eigenvalue weighted by Gasteiger charge is 2.28. The van der Waals surface area contributed by atoms with E-state index in [1.165, 1.54) is 11.8 Å². The van der Waals surface area contributed by atoms with Gasteiger partial charge in [0.15, 0.2) is 0 Å². The zero-order valence-corrected chi connectivity index (χ0v) is 16.5. The molecule has 0 aliphatic carbocycles. The van der Waals surface area contributed by atoms with Crippen LogP contribution in [0.25, 0.3) is 0 Å². The minimum Gasteiger partial charge on any atom is -0.345 e. The Hall–Kier alpha value is -1.61. The number of thioether (sulfide) groups is 1. The topological polar surface area (TPSA) is 116 Å². The molecule has 8 nitrogen and oxygen atoms in total. The summed E-state index contributed by atoms with van der Waals surface area (Å²) in [6, 6.07) is -1.53. The molecule has 1 saturated heterocycles. The first-order valence-corrected chi connectivity index (χ1v) is 10.3. The Morgan fingerprint density at radius 1 is 1.27 bits per heavy atom. The summed E-state index contributed by atoms with van der Waals surface area (Å²) in [5.41, 5.74) is 0. The van der Waals surface area contributed by atoms with Gasteiger partial charge in [-0.15, -0.1) is 0 Å². The van der Waals surface area contributed by atoms with E-state index in [1.807, 2.05) is 20.1 Å². The van der Waals surface area contributed by atoms with Gasteiger partial charge in [-0.05, 0) is 38.0 Å². The van der Waals surface area contributed by atoms with E-state index in [4.69, 9.17) is 0 Å². The third kappa shape index (κ3) is 8.18. The maximum atomic E-state index is 12.4. The number of rotatable bonds is 11. The van der Waals surface area contributed by atoms with E-state index in [-0.39, 0.29) is 24.4 Å². The molecule has 1 rings (SSSR count). The van der Waals surface area contributed by atoms with E-state index < -0.39 is 23.9 Å². The summed E-state index contributed by atoms with van der Waals surface area (Å²) in [4.78, 5) is 47.4. The lowest BCUT2D eigenvalue weighted by Crippen LogP contribution is -2.53. The lowest BCUT2D eigenvalue weighted by molar-refractivity contribution is -0.131. The molecule has 1 heterocycles. The molecule has 0 aromatic rings. The minimum absolute atomic E-state index is 0.186. The van der Waals surface area contributed by atoms with Crippen molar-refractivity contribution < 1.29 is 19.2 Å². The van der Waals surface area contributed by atoms with Crippen LogP contribution in [0.1, 0.15) is 33.1 Å². The Balaban J connectivity index is 2.52. The van der Waals surface area contributed by atoms with Gasteiger partial charge in [0.2, 0.25) is 17.7 Å². The quantitative estimate of drug-likeness (QED) is 0.354. The molecule has 0 spiro atoms. The maximum absolute atomic E-state index is 12.4. The molecular formula is C17H30N4O4S. The summed E-state index contributed by atoms with van der Waals surface area (Å²) in [6.07, 6.45) is 4.69. The maximum Gasteiger partial charge on any atom is 0.243 e. The van der Waals surface area contributed by atoms with Crippen LogP contribution in [0.15, 0.2) is 0 Å². The summed E-state index contributed by atoms with van der Waals surface area (Å²) in [5, 5.41) is 11.0. The number of hydrogen-bond donors (Lipinski definition) is 4. The smallest absolute Gasteiger partial charge is 0.243 e. The van der Waals surface area contributed by atoms with Gasteiger partial charge in [0.25, 0.3) is 0 Å². The number of hydrogen-bond acceptors (Lipinski definition) is 6. The fraction of sp³-hybridized carbons (Fsp3) is 0.765. The molecule has 0 aromatic carbocycles. The van der Waals surface area contributed by atoms with Crippen molar-refractivity contribution in [3.8, 4) is 0 Å². The van der Waals surface area contributed by atoms with Crippen molar-refractivity contribution in [1.82, 2.24) is 21.3 Å². The molecule has 26 heavy (non-hydrogen) atoms. The Morgan fingerprint density at radius 3 is 2.54 bits per heavy atom. The SMILES string of the molecule is CSC[C@@H](C=O)NC(=O)CNC(=O)[C@H](CC(C)C)NC(=O)[C@@H]1CCCN1. The van der Waals surface area contributed by atoms with E-state index in [0.717, 1.165) is 19.4 Å². The van der Waals surface area contributed by atoms with Gasteiger partial charge in [0.1, 0.15) is 12.3 Å². The predicted molar refractivity (Wildman–Crippen MR) is 102 cm³/mol. The fourth-order valence-electron chi connectivity index (χ4n) is 2.73. The van der Waals surface area contributed by atoms with E-state index in [1.54, 1.807) is 0 Å². The van der Waals surface area contributed by atoms with Crippen LogP contribution < -0.4 is 21.3 Å². The van der Waals surface area contributed by atoms with E-state index in [2.05, 4.69) is 21.3 Å². The Labute approximate surface area is 159 Å². The van der Waals surface area contributed by atoms with Gasteiger partial charge in [-0.2, -0.15) is 11.8 Å². The monoisotopic (exact) mass is 386 g/mol. The van der Waals surface area contributed by atoms with Crippen LogP contribution >= 0.6 is 11.8 Å². The van der Waals surface area contributed by atoms with Crippen LogP contribution in [-0.4, -0.2) is 67.2 Å². The van der Waals surface area contributed by atoms with Crippen molar-refractivity contribution in [2.24, 2.45) is 5.92 Å². The predicted octanol–water partition coefficient (Wildman–Crippen LogP) is -0.568. The van der Waals surface area contributed by atoms with Crippen molar-refractivity contribution in [1.29, 1.82) is 0 Å². The van der Waals surface area contributed by atoms with Crippen LogP contribution in [0.3, 0.4) is 0 Å². The van der Waals surface area contributed by atoms with Crippen molar-refractivity contribution in [3.05, 3.63) is 0 Å². The second kappa shape index (κ2) is 11.9. The summed E-state index contributed by atoms with van der Waals surface area (Å²) in [6.45, 7) is 4.49. The van der Waals surface area contributed by atoms with Gasteiger partial charge in [0, 0.05) is 5.75 Å². The van der Waals surface area contributed by atoms with Gasteiger partial charge < -0.3 is 26.1 Å². The first-order chi connectivity index (χ1) is 12.4. The first-order valence-electron chi connectivity index (χ1n) is 8.92. The van der Waals surface area contributed by atoms with Gasteiger partial charge >= 0.3 is 0 Å². The molecule has 0 radical (unpaired) electrons. The highest BCUT2D eigenvalue weighted by atomic mass is 32.2. The molecule has 0 aromatic heterocycles. The Kier molecular flexibility index (Phi) is 10.3. The average molecular weight is 387 g/mol. The molecule has 1 aliphatic heterocycles.